The Morgan fingerprint density at radius 2 is 1.56 bits per heavy atom. The number of rotatable bonds is 4. The fourth-order valence-electron chi connectivity index (χ4n) is 1.75. The van der Waals surface area contributed by atoms with Crippen LogP contribution in [0.1, 0.15) is 10.5 Å². The maximum absolute atomic E-state index is 12.3. The molecule has 25 heavy (non-hydrogen) atoms. The van der Waals surface area contributed by atoms with Crippen LogP contribution in [0.4, 0.5) is 5.69 Å². The van der Waals surface area contributed by atoms with Crippen molar-refractivity contribution in [2.75, 3.05) is 19.4 Å². The molecule has 1 heterocycles. The molecule has 0 atom stereocenters. The maximum atomic E-state index is 12.3. The lowest BCUT2D eigenvalue weighted by Crippen LogP contribution is -2.22. The van der Waals surface area contributed by atoms with Crippen LogP contribution in [0.5, 0.6) is 0 Å². The molecule has 0 saturated heterocycles. The van der Waals surface area contributed by atoms with E-state index in [1.54, 1.807) is 0 Å². The highest BCUT2D eigenvalue weighted by atomic mass is 35.5. The molecular formula is C14H11Cl4N3O3S. The van der Waals surface area contributed by atoms with Gasteiger partial charge in [-0.2, -0.15) is 0 Å². The third kappa shape index (κ3) is 4.19. The quantitative estimate of drug-likeness (QED) is 0.719. The van der Waals surface area contributed by atoms with Crippen molar-refractivity contribution in [3.8, 4) is 0 Å². The van der Waals surface area contributed by atoms with Crippen LogP contribution in [0.15, 0.2) is 29.2 Å². The van der Waals surface area contributed by atoms with E-state index in [9.17, 15) is 13.2 Å². The lowest BCUT2D eigenvalue weighted by atomic mass is 10.3. The zero-order valence-electron chi connectivity index (χ0n) is 12.8. The predicted molar refractivity (Wildman–Crippen MR) is 99.5 cm³/mol. The normalized spacial score (nSPS) is 11.6. The number of anilines is 1. The van der Waals surface area contributed by atoms with Gasteiger partial charge in [0.2, 0.25) is 10.0 Å². The van der Waals surface area contributed by atoms with Gasteiger partial charge in [0.25, 0.3) is 5.91 Å². The minimum absolute atomic E-state index is 0.0527. The standard InChI is InChI=1S/C14H11Cl4N3O3S/c1-21(2)25(23,24)8-5-3-7(4-6-8)19-14(22)12-10(16)9(15)11(17)13(18)20-12/h3-6H,1-2H3,(H,19,22). The van der Waals surface area contributed by atoms with E-state index in [-0.39, 0.29) is 30.8 Å². The van der Waals surface area contributed by atoms with Crippen molar-refractivity contribution in [1.29, 1.82) is 0 Å². The van der Waals surface area contributed by atoms with E-state index in [2.05, 4.69) is 10.3 Å². The molecule has 1 amide bonds. The van der Waals surface area contributed by atoms with Crippen molar-refractivity contribution in [3.05, 3.63) is 50.2 Å². The Morgan fingerprint density at radius 1 is 1.00 bits per heavy atom. The topological polar surface area (TPSA) is 79.4 Å². The summed E-state index contributed by atoms with van der Waals surface area (Å²) >= 11 is 23.5. The lowest BCUT2D eigenvalue weighted by molar-refractivity contribution is 0.102. The van der Waals surface area contributed by atoms with Crippen molar-refractivity contribution in [2.24, 2.45) is 0 Å². The number of hydrogen-bond donors (Lipinski definition) is 1. The molecule has 11 heteroatoms. The van der Waals surface area contributed by atoms with E-state index in [0.29, 0.717) is 5.69 Å². The molecule has 134 valence electrons. The first-order valence-electron chi connectivity index (χ1n) is 6.59. The molecule has 0 bridgehead atoms. The molecule has 1 aromatic heterocycles. The zero-order chi connectivity index (χ0) is 18.9. The molecule has 0 fully saturated rings. The van der Waals surface area contributed by atoms with E-state index in [0.717, 1.165) is 4.31 Å². The summed E-state index contributed by atoms with van der Waals surface area (Å²) in [5.74, 6) is -0.673. The molecule has 0 radical (unpaired) electrons. The molecule has 1 N–H and O–H groups in total. The van der Waals surface area contributed by atoms with Crippen LogP contribution in [-0.4, -0.2) is 37.7 Å². The summed E-state index contributed by atoms with van der Waals surface area (Å²) in [5, 5.41) is 2.09. The Bertz CT molecular complexity index is 931. The van der Waals surface area contributed by atoms with Crippen LogP contribution in [-0.2, 0) is 10.0 Å². The molecular weight excluding hydrogens is 432 g/mol. The molecule has 1 aromatic carbocycles. The Kier molecular flexibility index (Phi) is 6.19. The zero-order valence-corrected chi connectivity index (χ0v) is 16.7. The number of halogens is 4. The first kappa shape index (κ1) is 20.2. The summed E-state index contributed by atoms with van der Waals surface area (Å²) in [5.41, 5.74) is 0.133. The van der Waals surface area contributed by atoms with Crippen molar-refractivity contribution >= 4 is 68.0 Å². The Balaban J connectivity index is 2.28. The van der Waals surface area contributed by atoms with Gasteiger partial charge in [-0.3, -0.25) is 4.79 Å². The molecule has 0 aliphatic rings. The second-order valence-corrected chi connectivity index (χ2v) is 8.60. The van der Waals surface area contributed by atoms with Crippen molar-refractivity contribution in [2.45, 2.75) is 4.90 Å². The summed E-state index contributed by atoms with van der Waals surface area (Å²) in [6.45, 7) is 0. The minimum Gasteiger partial charge on any atom is -0.321 e. The SMILES string of the molecule is CN(C)S(=O)(=O)c1ccc(NC(=O)c2nc(Cl)c(Cl)c(Cl)c2Cl)cc1. The van der Waals surface area contributed by atoms with E-state index < -0.39 is 15.9 Å². The number of benzene rings is 1. The average molecular weight is 443 g/mol. The van der Waals surface area contributed by atoms with Crippen LogP contribution in [0.25, 0.3) is 0 Å². The summed E-state index contributed by atoms with van der Waals surface area (Å²) in [6.07, 6.45) is 0. The van der Waals surface area contributed by atoms with Gasteiger partial charge in [0.1, 0.15) is 10.8 Å². The number of aromatic nitrogens is 1. The summed E-state index contributed by atoms with van der Waals surface area (Å²) in [6, 6.07) is 5.59. The van der Waals surface area contributed by atoms with Crippen molar-refractivity contribution < 1.29 is 13.2 Å². The van der Waals surface area contributed by atoms with Gasteiger partial charge in [-0.1, -0.05) is 46.4 Å². The number of hydrogen-bond acceptors (Lipinski definition) is 4. The van der Waals surface area contributed by atoms with Crippen LogP contribution >= 0.6 is 46.4 Å². The van der Waals surface area contributed by atoms with Gasteiger partial charge in [-0.15, -0.1) is 0 Å². The van der Waals surface area contributed by atoms with E-state index in [1.165, 1.54) is 38.4 Å². The van der Waals surface area contributed by atoms with Gasteiger partial charge in [0.05, 0.1) is 20.0 Å². The van der Waals surface area contributed by atoms with E-state index in [4.69, 9.17) is 46.4 Å². The molecule has 0 aliphatic carbocycles. The molecule has 0 aliphatic heterocycles. The molecule has 0 saturated carbocycles. The largest absolute Gasteiger partial charge is 0.321 e. The second-order valence-electron chi connectivity index (χ2n) is 4.96. The summed E-state index contributed by atoms with van der Waals surface area (Å²) in [7, 11) is -0.713. The van der Waals surface area contributed by atoms with Gasteiger partial charge in [0.15, 0.2) is 0 Å². The lowest BCUT2D eigenvalue weighted by Gasteiger charge is -2.12. The highest BCUT2D eigenvalue weighted by molar-refractivity contribution is 7.89. The number of nitrogens with zero attached hydrogens (tertiary/aromatic N) is 2. The van der Waals surface area contributed by atoms with Crippen molar-refractivity contribution in [1.82, 2.24) is 9.29 Å². The maximum Gasteiger partial charge on any atom is 0.275 e. The van der Waals surface area contributed by atoms with Crippen LogP contribution in [0, 0.1) is 0 Å². The molecule has 2 aromatic rings. The fraction of sp³-hybridized carbons (Fsp3) is 0.143. The van der Waals surface area contributed by atoms with E-state index in [1.807, 2.05) is 0 Å². The summed E-state index contributed by atoms with van der Waals surface area (Å²) in [4.78, 5) is 16.2. The number of carbonyl (C=O) groups excluding carboxylic acids is 1. The molecule has 0 unspecified atom stereocenters. The second kappa shape index (κ2) is 7.65. The van der Waals surface area contributed by atoms with Gasteiger partial charge in [-0.25, -0.2) is 17.7 Å². The Labute approximate surface area is 164 Å². The third-order valence-corrected chi connectivity index (χ3v) is 6.60. The number of pyridine rings is 1. The number of nitrogens with one attached hydrogen (secondary N) is 1. The van der Waals surface area contributed by atoms with Gasteiger partial charge < -0.3 is 5.32 Å². The monoisotopic (exact) mass is 441 g/mol. The minimum atomic E-state index is -3.56. The molecule has 2 rings (SSSR count). The van der Waals surface area contributed by atoms with Crippen LogP contribution < -0.4 is 5.32 Å². The van der Waals surface area contributed by atoms with E-state index >= 15 is 0 Å². The predicted octanol–water partition coefficient (Wildman–Crippen LogP) is 4.20. The Morgan fingerprint density at radius 3 is 2.08 bits per heavy atom. The van der Waals surface area contributed by atoms with Gasteiger partial charge in [-0.05, 0) is 24.3 Å². The number of amides is 1. The summed E-state index contributed by atoms with van der Waals surface area (Å²) < 4.78 is 25.1. The smallest absolute Gasteiger partial charge is 0.275 e. The van der Waals surface area contributed by atoms with Gasteiger partial charge >= 0.3 is 0 Å². The Hall–Kier alpha value is -1.09. The average Bonchev–Trinajstić information content (AvgIpc) is 2.56. The first-order valence-corrected chi connectivity index (χ1v) is 9.55. The molecule has 0 spiro atoms. The fourth-order valence-corrected chi connectivity index (χ4v) is 3.46. The first-order chi connectivity index (χ1) is 11.6. The number of carbonyl (C=O) groups is 1. The van der Waals surface area contributed by atoms with Gasteiger partial charge in [0, 0.05) is 19.8 Å². The van der Waals surface area contributed by atoms with Crippen molar-refractivity contribution in [3.63, 3.8) is 0 Å². The number of sulfonamides is 1. The van der Waals surface area contributed by atoms with Crippen LogP contribution in [0.2, 0.25) is 20.2 Å². The highest BCUT2D eigenvalue weighted by Gasteiger charge is 2.21. The third-order valence-electron chi connectivity index (χ3n) is 3.09. The molecule has 6 nitrogen and oxygen atoms in total. The highest BCUT2D eigenvalue weighted by Crippen LogP contribution is 2.36. The van der Waals surface area contributed by atoms with Crippen LogP contribution in [0.3, 0.4) is 0 Å².